The van der Waals surface area contributed by atoms with E-state index in [4.69, 9.17) is 9.26 Å². The number of carbonyl (C=O) groups excluding carboxylic acids is 3. The van der Waals surface area contributed by atoms with Gasteiger partial charge in [-0.1, -0.05) is 36.3 Å². The zero-order chi connectivity index (χ0) is 23.8. The molecule has 2 amide bonds. The normalized spacial score (nSPS) is 13.9. The van der Waals surface area contributed by atoms with Crippen LogP contribution in [-0.4, -0.2) is 27.9 Å². The highest BCUT2D eigenvalue weighted by molar-refractivity contribution is 6.35. The Morgan fingerprint density at radius 2 is 1.65 bits per heavy atom. The van der Waals surface area contributed by atoms with E-state index in [1.807, 2.05) is 19.1 Å². The Hall–Kier alpha value is -4.33. The largest absolute Gasteiger partial charge is 0.449 e. The summed E-state index contributed by atoms with van der Waals surface area (Å²) in [7, 11) is 0. The van der Waals surface area contributed by atoms with Crippen LogP contribution in [0.25, 0.3) is 10.8 Å². The van der Waals surface area contributed by atoms with Crippen molar-refractivity contribution in [1.29, 1.82) is 0 Å². The summed E-state index contributed by atoms with van der Waals surface area (Å²) in [4.78, 5) is 44.3. The third-order valence-corrected chi connectivity index (χ3v) is 5.72. The highest BCUT2D eigenvalue weighted by Crippen LogP contribution is 2.33. The monoisotopic (exact) mass is 455 g/mol. The first kappa shape index (κ1) is 21.5. The molecule has 3 aromatic carbocycles. The van der Waals surface area contributed by atoms with Gasteiger partial charge in [-0.2, -0.15) is 4.98 Å². The highest BCUT2D eigenvalue weighted by Gasteiger charge is 2.33. The first-order valence-electron chi connectivity index (χ1n) is 11.0. The molecule has 1 aliphatic heterocycles. The summed E-state index contributed by atoms with van der Waals surface area (Å²) in [6, 6.07) is 16.9. The molecule has 0 N–H and O–H groups in total. The molecule has 0 saturated carbocycles. The number of nitrogens with zero attached hydrogens (tertiary/aromatic N) is 3. The molecule has 0 saturated heterocycles. The van der Waals surface area contributed by atoms with E-state index in [9.17, 15) is 14.4 Å². The maximum absolute atomic E-state index is 13.2. The van der Waals surface area contributed by atoms with E-state index in [-0.39, 0.29) is 11.5 Å². The number of hydrogen-bond donors (Lipinski definition) is 0. The van der Waals surface area contributed by atoms with E-state index in [1.165, 1.54) is 12.1 Å². The molecule has 8 nitrogen and oxygen atoms in total. The van der Waals surface area contributed by atoms with Crippen LogP contribution in [0.4, 0.5) is 5.69 Å². The zero-order valence-electron chi connectivity index (χ0n) is 18.6. The summed E-state index contributed by atoms with van der Waals surface area (Å²) in [6.45, 7) is 3.66. The van der Waals surface area contributed by atoms with Crippen LogP contribution in [0.5, 0.6) is 0 Å². The van der Waals surface area contributed by atoms with Crippen molar-refractivity contribution in [1.82, 2.24) is 10.1 Å². The minimum Gasteiger partial charge on any atom is -0.449 e. The number of aromatic nitrogens is 2. The summed E-state index contributed by atoms with van der Waals surface area (Å²) in [5.41, 5.74) is 1.56. The summed E-state index contributed by atoms with van der Waals surface area (Å²) in [5, 5.41) is 5.37. The minimum atomic E-state index is -0.715. The Labute approximate surface area is 195 Å². The fourth-order valence-electron chi connectivity index (χ4n) is 4.05. The second-order valence-corrected chi connectivity index (χ2v) is 8.05. The molecule has 0 bridgehead atoms. The zero-order valence-corrected chi connectivity index (χ0v) is 18.6. The number of aryl methyl sites for hydroxylation is 1. The van der Waals surface area contributed by atoms with Crippen LogP contribution in [-0.2, 0) is 11.2 Å². The van der Waals surface area contributed by atoms with Crippen LogP contribution in [0.1, 0.15) is 69.2 Å². The molecule has 1 unspecified atom stereocenters. The first-order chi connectivity index (χ1) is 16.5. The van der Waals surface area contributed by atoms with Crippen molar-refractivity contribution in [2.75, 3.05) is 4.90 Å². The standard InChI is InChI=1S/C26H21N3O5/c1-3-6-21-27-23(34-28-21)15(2)33-26(32)17-11-13-18(14-12-17)29-24(30)19-9-4-7-16-8-5-10-20(22(16)19)25(29)31/h4-5,7-15H,3,6H2,1-2H3. The first-order valence-corrected chi connectivity index (χ1v) is 11.0. The fourth-order valence-corrected chi connectivity index (χ4v) is 4.05. The topological polar surface area (TPSA) is 103 Å². The van der Waals surface area contributed by atoms with Crippen LogP contribution in [0, 0.1) is 0 Å². The number of anilines is 1. The van der Waals surface area contributed by atoms with Gasteiger partial charge in [0.2, 0.25) is 0 Å². The van der Waals surface area contributed by atoms with Gasteiger partial charge in [-0.25, -0.2) is 9.69 Å². The van der Waals surface area contributed by atoms with Gasteiger partial charge in [-0.15, -0.1) is 0 Å². The number of hydrogen-bond acceptors (Lipinski definition) is 7. The Balaban J connectivity index is 1.36. The third-order valence-electron chi connectivity index (χ3n) is 5.72. The van der Waals surface area contributed by atoms with E-state index >= 15 is 0 Å². The van der Waals surface area contributed by atoms with E-state index in [2.05, 4.69) is 10.1 Å². The van der Waals surface area contributed by atoms with Crippen molar-refractivity contribution >= 4 is 34.2 Å². The summed E-state index contributed by atoms with van der Waals surface area (Å²) < 4.78 is 10.6. The number of carbonyl (C=O) groups is 3. The smallest absolute Gasteiger partial charge is 0.338 e. The van der Waals surface area contributed by atoms with Crippen molar-refractivity contribution in [2.24, 2.45) is 0 Å². The Bertz CT molecular complexity index is 1370. The second kappa shape index (κ2) is 8.55. The van der Waals surface area contributed by atoms with Crippen molar-refractivity contribution in [3.63, 3.8) is 0 Å². The van der Waals surface area contributed by atoms with Crippen molar-refractivity contribution < 1.29 is 23.6 Å². The molecule has 1 aliphatic rings. The van der Waals surface area contributed by atoms with Gasteiger partial charge in [-0.3, -0.25) is 9.59 Å². The van der Waals surface area contributed by atoms with Crippen LogP contribution < -0.4 is 4.90 Å². The van der Waals surface area contributed by atoms with Gasteiger partial charge >= 0.3 is 5.97 Å². The highest BCUT2D eigenvalue weighted by atomic mass is 16.6. The molecule has 0 spiro atoms. The minimum absolute atomic E-state index is 0.228. The lowest BCUT2D eigenvalue weighted by Gasteiger charge is -2.27. The van der Waals surface area contributed by atoms with E-state index in [1.54, 1.807) is 43.3 Å². The maximum Gasteiger partial charge on any atom is 0.338 e. The molecule has 2 heterocycles. The molecule has 170 valence electrons. The van der Waals surface area contributed by atoms with Crippen LogP contribution in [0.2, 0.25) is 0 Å². The van der Waals surface area contributed by atoms with Crippen LogP contribution >= 0.6 is 0 Å². The number of imide groups is 1. The number of ether oxygens (including phenoxy) is 1. The molecular formula is C26H21N3O5. The molecule has 4 aromatic rings. The average molecular weight is 455 g/mol. The quantitative estimate of drug-likeness (QED) is 0.301. The van der Waals surface area contributed by atoms with Gasteiger partial charge in [-0.05, 0) is 55.1 Å². The van der Waals surface area contributed by atoms with Gasteiger partial charge in [0.25, 0.3) is 17.7 Å². The SMILES string of the molecule is CCCc1noc(C(C)OC(=O)c2ccc(N3C(=O)c4cccc5cccc(c45)C3=O)cc2)n1. The lowest BCUT2D eigenvalue weighted by molar-refractivity contribution is 0.0265. The Morgan fingerprint density at radius 1 is 1.00 bits per heavy atom. The predicted molar refractivity (Wildman–Crippen MR) is 124 cm³/mol. The fraction of sp³-hybridized carbons (Fsp3) is 0.192. The number of esters is 1. The van der Waals surface area contributed by atoms with E-state index in [0.717, 1.165) is 16.7 Å². The van der Waals surface area contributed by atoms with E-state index < -0.39 is 23.9 Å². The molecule has 0 radical (unpaired) electrons. The van der Waals surface area contributed by atoms with Gasteiger partial charge in [0.05, 0.1) is 11.3 Å². The molecule has 0 fully saturated rings. The van der Waals surface area contributed by atoms with Gasteiger partial charge in [0.1, 0.15) is 0 Å². The molecule has 5 rings (SSSR count). The number of rotatable bonds is 6. The number of amides is 2. The Morgan fingerprint density at radius 3 is 2.26 bits per heavy atom. The predicted octanol–water partition coefficient (Wildman–Crippen LogP) is 4.89. The lowest BCUT2D eigenvalue weighted by Crippen LogP contribution is -2.40. The summed E-state index contributed by atoms with van der Waals surface area (Å²) in [5.74, 6) is -0.598. The van der Waals surface area contributed by atoms with Crippen molar-refractivity contribution in [3.8, 4) is 0 Å². The molecular weight excluding hydrogens is 434 g/mol. The molecule has 34 heavy (non-hydrogen) atoms. The maximum atomic E-state index is 13.2. The average Bonchev–Trinajstić information content (AvgIpc) is 3.32. The van der Waals surface area contributed by atoms with Gasteiger partial charge in [0.15, 0.2) is 11.9 Å². The second-order valence-electron chi connectivity index (χ2n) is 8.05. The molecule has 1 atom stereocenters. The van der Waals surface area contributed by atoms with Gasteiger partial charge < -0.3 is 9.26 Å². The number of benzene rings is 3. The van der Waals surface area contributed by atoms with Crippen molar-refractivity contribution in [2.45, 2.75) is 32.8 Å². The Kier molecular flexibility index (Phi) is 5.41. The van der Waals surface area contributed by atoms with Crippen molar-refractivity contribution in [3.05, 3.63) is 89.1 Å². The van der Waals surface area contributed by atoms with E-state index in [0.29, 0.717) is 34.4 Å². The summed E-state index contributed by atoms with van der Waals surface area (Å²) >= 11 is 0. The molecule has 8 heteroatoms. The summed E-state index contributed by atoms with van der Waals surface area (Å²) in [6.07, 6.45) is 0.841. The van der Waals surface area contributed by atoms with Gasteiger partial charge in [0, 0.05) is 22.9 Å². The molecule has 0 aliphatic carbocycles. The third kappa shape index (κ3) is 3.63. The lowest BCUT2D eigenvalue weighted by atomic mass is 9.94. The molecule has 1 aromatic heterocycles. The van der Waals surface area contributed by atoms with Crippen LogP contribution in [0.3, 0.4) is 0 Å². The van der Waals surface area contributed by atoms with Crippen LogP contribution in [0.15, 0.2) is 65.2 Å².